The Balaban J connectivity index is 1.77. The van der Waals surface area contributed by atoms with Crippen LogP contribution in [0.3, 0.4) is 0 Å². The van der Waals surface area contributed by atoms with Crippen molar-refractivity contribution in [3.63, 3.8) is 0 Å². The molecule has 1 aromatic heterocycles. The molecule has 0 aliphatic carbocycles. The molecule has 1 N–H and O–H groups in total. The van der Waals surface area contributed by atoms with Gasteiger partial charge in [0.15, 0.2) is 0 Å². The van der Waals surface area contributed by atoms with Crippen molar-refractivity contribution >= 4 is 23.3 Å². The van der Waals surface area contributed by atoms with Crippen LogP contribution in [0, 0.1) is 0 Å². The predicted octanol–water partition coefficient (Wildman–Crippen LogP) is 4.67. The Morgan fingerprint density at radius 1 is 1.33 bits per heavy atom. The summed E-state index contributed by atoms with van der Waals surface area (Å²) in [5, 5.41) is 7.45. The van der Waals surface area contributed by atoms with Crippen LogP contribution < -0.4 is 14.8 Å². The van der Waals surface area contributed by atoms with Gasteiger partial charge in [0.25, 0.3) is 0 Å². The van der Waals surface area contributed by atoms with Crippen molar-refractivity contribution in [1.29, 1.82) is 0 Å². The van der Waals surface area contributed by atoms with Gasteiger partial charge in [-0.15, -0.1) is 0 Å². The van der Waals surface area contributed by atoms with Crippen molar-refractivity contribution in [1.82, 2.24) is 10.1 Å². The van der Waals surface area contributed by atoms with E-state index in [1.807, 2.05) is 6.07 Å². The van der Waals surface area contributed by atoms with E-state index in [1.165, 1.54) is 14.2 Å². The number of urea groups is 1. The number of nitrogens with one attached hydrogen (secondary N) is 1. The summed E-state index contributed by atoms with van der Waals surface area (Å²) >= 11 is 6.19. The number of hydrogen-bond acceptors (Lipinski definition) is 5. The van der Waals surface area contributed by atoms with Crippen molar-refractivity contribution in [3.05, 3.63) is 34.7 Å². The molecule has 1 saturated heterocycles. The summed E-state index contributed by atoms with van der Waals surface area (Å²) in [7, 11) is 3.06. The van der Waals surface area contributed by atoms with E-state index in [9.17, 15) is 4.79 Å². The highest BCUT2D eigenvalue weighted by Crippen LogP contribution is 2.37. The molecule has 2 heterocycles. The lowest BCUT2D eigenvalue weighted by Gasteiger charge is -2.24. The molecule has 1 aliphatic heterocycles. The average molecular weight is 394 g/mol. The lowest BCUT2D eigenvalue weighted by Crippen LogP contribution is -2.34. The Morgan fingerprint density at radius 2 is 2.11 bits per heavy atom. The van der Waals surface area contributed by atoms with Gasteiger partial charge in [-0.3, -0.25) is 0 Å². The summed E-state index contributed by atoms with van der Waals surface area (Å²) in [4.78, 5) is 14.7. The van der Waals surface area contributed by atoms with Gasteiger partial charge in [-0.05, 0) is 25.3 Å². The minimum atomic E-state index is -0.225. The first kappa shape index (κ1) is 19.4. The Hall–Kier alpha value is -2.41. The zero-order valence-electron chi connectivity index (χ0n) is 15.8. The normalized spacial score (nSPS) is 16.4. The third-order valence-electron chi connectivity index (χ3n) is 4.64. The minimum absolute atomic E-state index is 0.0981. The van der Waals surface area contributed by atoms with Crippen molar-refractivity contribution < 1.29 is 18.8 Å². The second-order valence-corrected chi connectivity index (χ2v) is 6.84. The second-order valence-electron chi connectivity index (χ2n) is 6.44. The Kier molecular flexibility index (Phi) is 6.11. The number of nitrogens with zero attached hydrogens (tertiary/aromatic N) is 2. The van der Waals surface area contributed by atoms with Crippen molar-refractivity contribution in [2.24, 2.45) is 0 Å². The molecule has 1 fully saturated rings. The fraction of sp³-hybridized carbons (Fsp3) is 0.474. The smallest absolute Gasteiger partial charge is 0.322 e. The summed E-state index contributed by atoms with van der Waals surface area (Å²) < 4.78 is 15.9. The molecule has 1 unspecified atom stereocenters. The van der Waals surface area contributed by atoms with Crippen LogP contribution in [0.2, 0.25) is 5.02 Å². The van der Waals surface area contributed by atoms with Crippen LogP contribution in [-0.2, 0) is 6.42 Å². The highest BCUT2D eigenvalue weighted by Gasteiger charge is 2.32. The first-order chi connectivity index (χ1) is 13.1. The average Bonchev–Trinajstić information content (AvgIpc) is 3.31. The van der Waals surface area contributed by atoms with E-state index in [-0.39, 0.29) is 12.1 Å². The van der Waals surface area contributed by atoms with Crippen molar-refractivity contribution in [3.8, 4) is 11.5 Å². The number of halogens is 1. The Bertz CT molecular complexity index is 808. The molecule has 27 heavy (non-hydrogen) atoms. The molecule has 2 amide bonds. The number of aryl methyl sites for hydroxylation is 1. The zero-order chi connectivity index (χ0) is 19.4. The summed E-state index contributed by atoms with van der Waals surface area (Å²) in [6, 6.07) is 4.90. The first-order valence-corrected chi connectivity index (χ1v) is 9.39. The molecule has 0 bridgehead atoms. The lowest BCUT2D eigenvalue weighted by molar-refractivity contribution is 0.204. The van der Waals surface area contributed by atoms with E-state index in [1.54, 1.807) is 17.0 Å². The SMILES string of the molecule is CCCc1cc(C2CCCN2C(=O)Nc2cc(Cl)c(OC)cc2OC)no1. The second kappa shape index (κ2) is 8.52. The summed E-state index contributed by atoms with van der Waals surface area (Å²) in [5.41, 5.74) is 1.29. The maximum atomic E-state index is 12.9. The van der Waals surface area contributed by atoms with Crippen LogP contribution in [0.15, 0.2) is 22.7 Å². The summed E-state index contributed by atoms with van der Waals surface area (Å²) in [5.74, 6) is 1.81. The highest BCUT2D eigenvalue weighted by molar-refractivity contribution is 6.32. The van der Waals surface area contributed by atoms with Crippen LogP contribution >= 0.6 is 11.6 Å². The van der Waals surface area contributed by atoms with Crippen LogP contribution in [0.25, 0.3) is 0 Å². The number of methoxy groups -OCH3 is 2. The van der Waals surface area contributed by atoms with Gasteiger partial charge >= 0.3 is 6.03 Å². The summed E-state index contributed by atoms with van der Waals surface area (Å²) in [6.07, 6.45) is 3.59. The number of anilines is 1. The van der Waals surface area contributed by atoms with Crippen LogP contribution in [0.5, 0.6) is 11.5 Å². The maximum absolute atomic E-state index is 12.9. The molecule has 0 radical (unpaired) electrons. The topological polar surface area (TPSA) is 76.8 Å². The maximum Gasteiger partial charge on any atom is 0.322 e. The van der Waals surface area contributed by atoms with E-state index in [4.69, 9.17) is 25.6 Å². The molecule has 7 nitrogen and oxygen atoms in total. The van der Waals surface area contributed by atoms with E-state index < -0.39 is 0 Å². The van der Waals surface area contributed by atoms with E-state index in [0.29, 0.717) is 28.8 Å². The molecule has 1 aliphatic rings. The van der Waals surface area contributed by atoms with Crippen LogP contribution in [0.4, 0.5) is 10.5 Å². The van der Waals surface area contributed by atoms with Gasteiger partial charge in [-0.1, -0.05) is 23.7 Å². The van der Waals surface area contributed by atoms with Gasteiger partial charge in [0, 0.05) is 25.1 Å². The molecule has 146 valence electrons. The molecule has 1 aromatic carbocycles. The number of aromatic nitrogens is 1. The molecular weight excluding hydrogens is 370 g/mol. The third-order valence-corrected chi connectivity index (χ3v) is 4.94. The number of carbonyl (C=O) groups excluding carboxylic acids is 1. The lowest BCUT2D eigenvalue weighted by atomic mass is 10.1. The van der Waals surface area contributed by atoms with E-state index >= 15 is 0 Å². The standard InChI is InChI=1S/C19H24ClN3O4/c1-4-6-12-9-14(22-27-12)16-7-5-8-23(16)19(24)21-15-10-13(20)17(25-2)11-18(15)26-3/h9-11,16H,4-8H2,1-3H3,(H,21,24). The Morgan fingerprint density at radius 3 is 2.81 bits per heavy atom. The van der Waals surface area contributed by atoms with Gasteiger partial charge < -0.3 is 24.2 Å². The first-order valence-electron chi connectivity index (χ1n) is 9.02. The van der Waals surface area contributed by atoms with Gasteiger partial charge in [-0.25, -0.2) is 4.79 Å². The minimum Gasteiger partial charge on any atom is -0.495 e. The fourth-order valence-corrected chi connectivity index (χ4v) is 3.55. The van der Waals surface area contributed by atoms with Crippen molar-refractivity contribution in [2.75, 3.05) is 26.1 Å². The van der Waals surface area contributed by atoms with Gasteiger partial charge in [0.05, 0.1) is 31.0 Å². The van der Waals surface area contributed by atoms with E-state index in [0.717, 1.165) is 37.1 Å². The van der Waals surface area contributed by atoms with Crippen LogP contribution in [-0.4, -0.2) is 36.9 Å². The molecule has 8 heteroatoms. The number of likely N-dealkylation sites (tertiary alicyclic amines) is 1. The molecular formula is C19H24ClN3O4. The van der Waals surface area contributed by atoms with Gasteiger partial charge in [0.1, 0.15) is 23.0 Å². The van der Waals surface area contributed by atoms with Crippen LogP contribution in [0.1, 0.15) is 43.7 Å². The number of ether oxygens (including phenoxy) is 2. The molecule has 0 spiro atoms. The van der Waals surface area contributed by atoms with E-state index in [2.05, 4.69) is 17.4 Å². The number of amides is 2. The fourth-order valence-electron chi connectivity index (χ4n) is 3.31. The van der Waals surface area contributed by atoms with Gasteiger partial charge in [0.2, 0.25) is 0 Å². The zero-order valence-corrected chi connectivity index (χ0v) is 16.5. The summed E-state index contributed by atoms with van der Waals surface area (Å²) in [6.45, 7) is 2.74. The molecule has 3 rings (SSSR count). The largest absolute Gasteiger partial charge is 0.495 e. The highest BCUT2D eigenvalue weighted by atomic mass is 35.5. The number of hydrogen-bond donors (Lipinski definition) is 1. The number of rotatable bonds is 6. The van der Waals surface area contributed by atoms with Gasteiger partial charge in [-0.2, -0.15) is 0 Å². The predicted molar refractivity (Wildman–Crippen MR) is 103 cm³/mol. The molecule has 0 saturated carbocycles. The molecule has 2 aromatic rings. The molecule has 1 atom stereocenters. The monoisotopic (exact) mass is 393 g/mol. The number of benzene rings is 1. The van der Waals surface area contributed by atoms with Crippen molar-refractivity contribution in [2.45, 2.75) is 38.6 Å². The number of carbonyl (C=O) groups is 1. The quantitative estimate of drug-likeness (QED) is 0.771. The Labute approximate surface area is 163 Å². The third kappa shape index (κ3) is 4.13.